The van der Waals surface area contributed by atoms with Crippen molar-refractivity contribution in [2.45, 2.75) is 20.0 Å². The number of halogens is 2. The zero-order valence-corrected chi connectivity index (χ0v) is 12.8. The van der Waals surface area contributed by atoms with E-state index >= 15 is 0 Å². The van der Waals surface area contributed by atoms with Gasteiger partial charge in [-0.3, -0.25) is 0 Å². The molecule has 0 aliphatic carbocycles. The van der Waals surface area contributed by atoms with Gasteiger partial charge in [0, 0.05) is 27.4 Å². The summed E-state index contributed by atoms with van der Waals surface area (Å²) in [6, 6.07) is 10.3. The zero-order valence-electron chi connectivity index (χ0n) is 9.58. The highest BCUT2D eigenvalue weighted by Gasteiger charge is 2.05. The van der Waals surface area contributed by atoms with Gasteiger partial charge in [-0.1, -0.05) is 6.07 Å². The standard InChI is InChI=1S/C13H14Br2N2/c1-2-17-8-4-5-10(17)9-16-13-11(14)6-3-7-12(13)15/h3-8,16H,2,9H2,1H3. The Bertz CT molecular complexity index is 486. The van der Waals surface area contributed by atoms with Gasteiger partial charge in [-0.25, -0.2) is 0 Å². The van der Waals surface area contributed by atoms with Crippen molar-refractivity contribution in [3.05, 3.63) is 51.2 Å². The molecule has 90 valence electrons. The van der Waals surface area contributed by atoms with E-state index in [0.717, 1.165) is 27.7 Å². The third-order valence-corrected chi connectivity index (χ3v) is 3.99. The molecule has 1 aromatic heterocycles. The van der Waals surface area contributed by atoms with E-state index in [2.05, 4.69) is 67.0 Å². The lowest BCUT2D eigenvalue weighted by Gasteiger charge is -2.12. The summed E-state index contributed by atoms with van der Waals surface area (Å²) in [7, 11) is 0. The maximum absolute atomic E-state index is 3.55. The normalized spacial score (nSPS) is 10.5. The first-order valence-corrected chi connectivity index (χ1v) is 7.13. The lowest BCUT2D eigenvalue weighted by molar-refractivity contribution is 0.724. The van der Waals surface area contributed by atoms with Gasteiger partial charge in [-0.2, -0.15) is 0 Å². The third-order valence-electron chi connectivity index (χ3n) is 2.67. The van der Waals surface area contributed by atoms with E-state index in [0.29, 0.717) is 0 Å². The molecule has 0 atom stereocenters. The van der Waals surface area contributed by atoms with Gasteiger partial charge in [0.2, 0.25) is 0 Å². The van der Waals surface area contributed by atoms with Gasteiger partial charge in [0.1, 0.15) is 0 Å². The number of nitrogens with one attached hydrogen (secondary N) is 1. The topological polar surface area (TPSA) is 17.0 Å². The first-order valence-electron chi connectivity index (χ1n) is 5.54. The van der Waals surface area contributed by atoms with E-state index in [9.17, 15) is 0 Å². The van der Waals surface area contributed by atoms with Crippen molar-refractivity contribution in [2.75, 3.05) is 5.32 Å². The molecule has 17 heavy (non-hydrogen) atoms. The molecule has 2 aromatic rings. The van der Waals surface area contributed by atoms with Crippen LogP contribution in [0.5, 0.6) is 0 Å². The Morgan fingerprint density at radius 1 is 1.12 bits per heavy atom. The Morgan fingerprint density at radius 2 is 1.82 bits per heavy atom. The fourth-order valence-corrected chi connectivity index (χ4v) is 3.04. The van der Waals surface area contributed by atoms with Crippen LogP contribution in [0.3, 0.4) is 0 Å². The predicted octanol–water partition coefficient (Wildman–Crippen LogP) is 4.65. The molecule has 0 fully saturated rings. The zero-order chi connectivity index (χ0) is 12.3. The number of benzene rings is 1. The maximum Gasteiger partial charge on any atom is 0.0632 e. The van der Waals surface area contributed by atoms with Crippen molar-refractivity contribution in [3.63, 3.8) is 0 Å². The van der Waals surface area contributed by atoms with Crippen LogP contribution < -0.4 is 5.32 Å². The van der Waals surface area contributed by atoms with E-state index in [1.165, 1.54) is 5.69 Å². The molecule has 0 radical (unpaired) electrons. The number of rotatable bonds is 4. The highest BCUT2D eigenvalue weighted by atomic mass is 79.9. The number of aromatic nitrogens is 1. The molecule has 1 aromatic carbocycles. The SMILES string of the molecule is CCn1cccc1CNc1c(Br)cccc1Br. The summed E-state index contributed by atoms with van der Waals surface area (Å²) < 4.78 is 4.38. The van der Waals surface area contributed by atoms with Crippen molar-refractivity contribution in [3.8, 4) is 0 Å². The Labute approximate surface area is 118 Å². The predicted molar refractivity (Wildman–Crippen MR) is 79.3 cm³/mol. The first-order chi connectivity index (χ1) is 8.22. The summed E-state index contributed by atoms with van der Waals surface area (Å²) in [5.74, 6) is 0. The molecule has 0 aliphatic heterocycles. The molecule has 2 rings (SSSR count). The smallest absolute Gasteiger partial charge is 0.0632 e. The highest BCUT2D eigenvalue weighted by Crippen LogP contribution is 2.30. The molecule has 0 amide bonds. The third kappa shape index (κ3) is 2.93. The summed E-state index contributed by atoms with van der Waals surface area (Å²) in [6.45, 7) is 3.97. The number of para-hydroxylation sites is 1. The molecule has 1 N–H and O–H groups in total. The van der Waals surface area contributed by atoms with Gasteiger partial charge in [-0.15, -0.1) is 0 Å². The Balaban J connectivity index is 2.13. The van der Waals surface area contributed by atoms with Crippen LogP contribution in [0.4, 0.5) is 5.69 Å². The molecular weight excluding hydrogens is 344 g/mol. The van der Waals surface area contributed by atoms with Crippen LogP contribution in [0.25, 0.3) is 0 Å². The average molecular weight is 358 g/mol. The van der Waals surface area contributed by atoms with Crippen LogP contribution in [0, 0.1) is 0 Å². The second-order valence-corrected chi connectivity index (χ2v) is 5.44. The molecule has 0 saturated heterocycles. The monoisotopic (exact) mass is 356 g/mol. The second-order valence-electron chi connectivity index (χ2n) is 3.74. The molecular formula is C13H14Br2N2. The molecule has 4 heteroatoms. The van der Waals surface area contributed by atoms with Crippen LogP contribution in [-0.2, 0) is 13.1 Å². The molecule has 0 saturated carbocycles. The van der Waals surface area contributed by atoms with Crippen LogP contribution in [-0.4, -0.2) is 4.57 Å². The lowest BCUT2D eigenvalue weighted by Crippen LogP contribution is -2.06. The van der Waals surface area contributed by atoms with Gasteiger partial charge in [0.15, 0.2) is 0 Å². The van der Waals surface area contributed by atoms with E-state index < -0.39 is 0 Å². The van der Waals surface area contributed by atoms with Crippen LogP contribution in [0.1, 0.15) is 12.6 Å². The van der Waals surface area contributed by atoms with E-state index in [1.807, 2.05) is 18.2 Å². The number of anilines is 1. The minimum absolute atomic E-state index is 0.821. The van der Waals surface area contributed by atoms with E-state index in [4.69, 9.17) is 0 Å². The minimum Gasteiger partial charge on any atom is -0.378 e. The molecule has 0 spiro atoms. The molecule has 0 unspecified atom stereocenters. The Hall–Kier alpha value is -0.740. The van der Waals surface area contributed by atoms with Crippen LogP contribution in [0.15, 0.2) is 45.5 Å². The Kier molecular flexibility index (Phi) is 4.29. The summed E-state index contributed by atoms with van der Waals surface area (Å²) in [5, 5.41) is 3.44. The van der Waals surface area contributed by atoms with Gasteiger partial charge < -0.3 is 9.88 Å². The van der Waals surface area contributed by atoms with Gasteiger partial charge in [-0.05, 0) is 63.0 Å². The first kappa shape index (κ1) is 12.7. The summed E-state index contributed by atoms with van der Waals surface area (Å²) in [6.07, 6.45) is 2.10. The van der Waals surface area contributed by atoms with Gasteiger partial charge in [0.25, 0.3) is 0 Å². The fourth-order valence-electron chi connectivity index (χ4n) is 1.76. The quantitative estimate of drug-likeness (QED) is 0.842. The van der Waals surface area contributed by atoms with Crippen molar-refractivity contribution in [1.29, 1.82) is 0 Å². The fraction of sp³-hybridized carbons (Fsp3) is 0.231. The largest absolute Gasteiger partial charge is 0.378 e. The summed E-state index contributed by atoms with van der Waals surface area (Å²) in [4.78, 5) is 0. The minimum atomic E-state index is 0.821. The Morgan fingerprint density at radius 3 is 2.47 bits per heavy atom. The van der Waals surface area contributed by atoms with Crippen molar-refractivity contribution >= 4 is 37.5 Å². The highest BCUT2D eigenvalue weighted by molar-refractivity contribution is 9.11. The summed E-state index contributed by atoms with van der Waals surface area (Å²) >= 11 is 7.10. The van der Waals surface area contributed by atoms with E-state index in [1.54, 1.807) is 0 Å². The van der Waals surface area contributed by atoms with Crippen molar-refractivity contribution in [1.82, 2.24) is 4.57 Å². The number of hydrogen-bond donors (Lipinski definition) is 1. The molecule has 1 heterocycles. The lowest BCUT2D eigenvalue weighted by atomic mass is 10.3. The summed E-state index contributed by atoms with van der Waals surface area (Å²) in [5.41, 5.74) is 2.38. The maximum atomic E-state index is 3.55. The average Bonchev–Trinajstić information content (AvgIpc) is 2.76. The van der Waals surface area contributed by atoms with Crippen LogP contribution >= 0.6 is 31.9 Å². The van der Waals surface area contributed by atoms with Gasteiger partial charge in [0.05, 0.1) is 12.2 Å². The van der Waals surface area contributed by atoms with E-state index in [-0.39, 0.29) is 0 Å². The van der Waals surface area contributed by atoms with Crippen LogP contribution in [0.2, 0.25) is 0 Å². The number of aryl methyl sites for hydroxylation is 1. The number of hydrogen-bond acceptors (Lipinski definition) is 1. The second kappa shape index (κ2) is 5.74. The van der Waals surface area contributed by atoms with Crippen molar-refractivity contribution < 1.29 is 0 Å². The molecule has 0 bridgehead atoms. The molecule has 2 nitrogen and oxygen atoms in total. The molecule has 0 aliphatic rings. The number of nitrogens with zero attached hydrogens (tertiary/aromatic N) is 1. The van der Waals surface area contributed by atoms with Gasteiger partial charge >= 0.3 is 0 Å². The van der Waals surface area contributed by atoms with Crippen molar-refractivity contribution in [2.24, 2.45) is 0 Å².